The highest BCUT2D eigenvalue weighted by molar-refractivity contribution is 7.94. The van der Waals surface area contributed by atoms with Crippen molar-refractivity contribution in [3.63, 3.8) is 0 Å². The number of nitrogen functional groups attached to an aromatic ring is 1. The molecule has 0 bridgehead atoms. The Bertz CT molecular complexity index is 1750. The van der Waals surface area contributed by atoms with Crippen LogP contribution in [0.2, 0.25) is 0 Å². The van der Waals surface area contributed by atoms with Gasteiger partial charge in [0.05, 0.1) is 38.5 Å². The molecule has 2 aromatic heterocycles. The SMILES string of the molecule is Cc1nn(-c2ccc3ccc(S(=O)(=O)O)cc3c2)c(N)c1/N=N/c1nc2cc(SOOO)ccc2s1. The predicted molar refractivity (Wildman–Crippen MR) is 134 cm³/mol. The van der Waals surface area contributed by atoms with Crippen LogP contribution in [0.5, 0.6) is 0 Å². The molecule has 0 radical (unpaired) electrons. The minimum absolute atomic E-state index is 0.206. The van der Waals surface area contributed by atoms with Crippen molar-refractivity contribution in [3.05, 3.63) is 60.3 Å². The lowest BCUT2D eigenvalue weighted by Gasteiger charge is -2.07. The number of rotatable bonds is 7. The Morgan fingerprint density at radius 2 is 1.89 bits per heavy atom. The lowest BCUT2D eigenvalue weighted by atomic mass is 10.1. The van der Waals surface area contributed by atoms with E-state index >= 15 is 0 Å². The number of azo groups is 1. The molecule has 15 heteroatoms. The summed E-state index contributed by atoms with van der Waals surface area (Å²) >= 11 is 2.16. The molecule has 0 aliphatic rings. The van der Waals surface area contributed by atoms with Crippen molar-refractivity contribution >= 4 is 71.1 Å². The van der Waals surface area contributed by atoms with Gasteiger partial charge < -0.3 is 5.73 Å². The van der Waals surface area contributed by atoms with E-state index in [1.165, 1.54) is 28.2 Å². The second kappa shape index (κ2) is 9.55. The molecule has 0 aliphatic heterocycles. The van der Waals surface area contributed by atoms with Gasteiger partial charge in [0.25, 0.3) is 10.1 Å². The number of thiazole rings is 1. The average Bonchev–Trinajstić information content (AvgIpc) is 3.39. The van der Waals surface area contributed by atoms with Crippen LogP contribution in [-0.4, -0.2) is 33.0 Å². The Hall–Kier alpha value is -3.44. The van der Waals surface area contributed by atoms with Crippen LogP contribution in [0.4, 0.5) is 16.6 Å². The molecule has 0 amide bonds. The number of hydrogen-bond donors (Lipinski definition) is 3. The van der Waals surface area contributed by atoms with Crippen molar-refractivity contribution in [1.82, 2.24) is 14.8 Å². The second-order valence-electron chi connectivity index (χ2n) is 7.45. The Kier molecular flexibility index (Phi) is 6.44. The molecule has 0 spiro atoms. The fourth-order valence-electron chi connectivity index (χ4n) is 3.50. The standard InChI is InChI=1S/C21H16N6O6S3/c1-11-19(24-25-21-23-17-10-15(35-33-32-28)5-7-18(17)34-21)20(22)27(26-11)14-4-2-12-3-6-16(36(29,30)31)9-13(12)8-14/h2-10,28H,22H2,1H3,(H,29,30,31)/b25-24+. The zero-order valence-electron chi connectivity index (χ0n) is 18.3. The number of aromatic nitrogens is 3. The second-order valence-corrected chi connectivity index (χ2v) is 10.7. The molecule has 36 heavy (non-hydrogen) atoms. The molecule has 2 heterocycles. The van der Waals surface area contributed by atoms with Crippen molar-refractivity contribution in [2.75, 3.05) is 5.73 Å². The molecular formula is C21H16N6O6S3. The molecule has 5 aromatic rings. The molecule has 5 rings (SSSR count). The number of aryl methyl sites for hydroxylation is 1. The van der Waals surface area contributed by atoms with E-state index < -0.39 is 10.1 Å². The maximum Gasteiger partial charge on any atom is 0.294 e. The summed E-state index contributed by atoms with van der Waals surface area (Å²) in [6.07, 6.45) is 0. The average molecular weight is 545 g/mol. The summed E-state index contributed by atoms with van der Waals surface area (Å²) in [5.74, 6) is 0.238. The smallest absolute Gasteiger partial charge is 0.294 e. The molecule has 0 saturated heterocycles. The summed E-state index contributed by atoms with van der Waals surface area (Å²) in [6.45, 7) is 1.74. The van der Waals surface area contributed by atoms with E-state index in [0.717, 1.165) is 22.1 Å². The van der Waals surface area contributed by atoms with Crippen LogP contribution < -0.4 is 5.73 Å². The number of nitrogens with zero attached hydrogens (tertiary/aromatic N) is 5. The number of nitrogens with two attached hydrogens (primary N) is 1. The van der Waals surface area contributed by atoms with Gasteiger partial charge in [-0.1, -0.05) is 28.5 Å². The number of anilines is 1. The summed E-state index contributed by atoms with van der Waals surface area (Å²) < 4.78 is 39.2. The van der Waals surface area contributed by atoms with Crippen molar-refractivity contribution in [1.29, 1.82) is 0 Å². The van der Waals surface area contributed by atoms with Crippen LogP contribution in [0.1, 0.15) is 5.69 Å². The molecule has 184 valence electrons. The van der Waals surface area contributed by atoms with E-state index in [1.807, 2.05) is 6.07 Å². The summed E-state index contributed by atoms with van der Waals surface area (Å²) in [4.78, 5) is 4.90. The summed E-state index contributed by atoms with van der Waals surface area (Å²) in [6, 6.07) is 15.0. The van der Waals surface area contributed by atoms with E-state index in [9.17, 15) is 13.0 Å². The van der Waals surface area contributed by atoms with Crippen LogP contribution in [0.25, 0.3) is 26.7 Å². The zero-order valence-corrected chi connectivity index (χ0v) is 20.7. The van der Waals surface area contributed by atoms with Gasteiger partial charge in [-0.05, 0) is 60.2 Å². The van der Waals surface area contributed by atoms with Crippen LogP contribution >= 0.6 is 23.4 Å². The van der Waals surface area contributed by atoms with E-state index in [0.29, 0.717) is 38.0 Å². The normalized spacial score (nSPS) is 12.3. The molecule has 0 unspecified atom stereocenters. The highest BCUT2D eigenvalue weighted by atomic mass is 32.2. The van der Waals surface area contributed by atoms with Gasteiger partial charge in [-0.2, -0.15) is 13.5 Å². The quantitative estimate of drug-likeness (QED) is 0.0767. The van der Waals surface area contributed by atoms with Crippen molar-refractivity contribution < 1.29 is 27.6 Å². The fraction of sp³-hybridized carbons (Fsp3) is 0.0476. The van der Waals surface area contributed by atoms with Gasteiger partial charge >= 0.3 is 0 Å². The Balaban J connectivity index is 1.46. The largest absolute Gasteiger partial charge is 0.382 e. The van der Waals surface area contributed by atoms with Crippen LogP contribution in [0, 0.1) is 6.92 Å². The van der Waals surface area contributed by atoms with Gasteiger partial charge in [0.15, 0.2) is 11.5 Å². The third-order valence-corrected chi connectivity index (χ3v) is 7.49. The van der Waals surface area contributed by atoms with E-state index in [2.05, 4.69) is 29.7 Å². The van der Waals surface area contributed by atoms with Crippen molar-refractivity contribution in [2.45, 2.75) is 16.7 Å². The summed E-state index contributed by atoms with van der Waals surface area (Å²) in [7, 11) is -4.34. The molecule has 4 N–H and O–H groups in total. The molecule has 0 atom stereocenters. The zero-order chi connectivity index (χ0) is 25.4. The lowest BCUT2D eigenvalue weighted by molar-refractivity contribution is -0.432. The van der Waals surface area contributed by atoms with Crippen LogP contribution in [0.3, 0.4) is 0 Å². The monoisotopic (exact) mass is 544 g/mol. The predicted octanol–water partition coefficient (Wildman–Crippen LogP) is 5.62. The Morgan fingerprint density at radius 3 is 2.67 bits per heavy atom. The summed E-state index contributed by atoms with van der Waals surface area (Å²) in [5.41, 5.74) is 8.48. The Morgan fingerprint density at radius 1 is 1.08 bits per heavy atom. The topological polar surface area (TPSA) is 175 Å². The number of hydrogen-bond acceptors (Lipinski definition) is 12. The molecular weight excluding hydrogens is 528 g/mol. The maximum atomic E-state index is 11.5. The highest BCUT2D eigenvalue weighted by Crippen LogP contribution is 2.35. The lowest BCUT2D eigenvalue weighted by Crippen LogP contribution is -2.02. The van der Waals surface area contributed by atoms with Gasteiger partial charge in [0, 0.05) is 4.90 Å². The minimum atomic E-state index is -4.34. The van der Waals surface area contributed by atoms with E-state index in [1.54, 1.807) is 43.3 Å². The molecule has 0 aliphatic carbocycles. The van der Waals surface area contributed by atoms with Gasteiger partial charge in [0.1, 0.15) is 0 Å². The first-order valence-corrected chi connectivity index (χ1v) is 13.1. The molecule has 0 fully saturated rings. The van der Waals surface area contributed by atoms with Crippen molar-refractivity contribution in [2.24, 2.45) is 10.2 Å². The Labute approximate surface area is 211 Å². The maximum absolute atomic E-state index is 11.5. The fourth-order valence-corrected chi connectivity index (χ4v) is 5.17. The molecule has 0 saturated carbocycles. The molecule has 3 aromatic carbocycles. The third-order valence-electron chi connectivity index (χ3n) is 5.15. The van der Waals surface area contributed by atoms with Gasteiger partial charge in [-0.25, -0.2) is 14.9 Å². The number of benzene rings is 3. The van der Waals surface area contributed by atoms with Gasteiger partial charge in [0.2, 0.25) is 5.13 Å². The van der Waals surface area contributed by atoms with Crippen LogP contribution in [-0.2, 0) is 19.5 Å². The van der Waals surface area contributed by atoms with Crippen LogP contribution in [0.15, 0.2) is 74.6 Å². The van der Waals surface area contributed by atoms with Gasteiger partial charge in [-0.3, -0.25) is 4.55 Å². The van der Waals surface area contributed by atoms with Gasteiger partial charge in [-0.15, -0.1) is 14.6 Å². The first-order chi connectivity index (χ1) is 17.2. The summed E-state index contributed by atoms with van der Waals surface area (Å²) in [5, 5.41) is 26.6. The first kappa shape index (κ1) is 24.3. The number of fused-ring (bicyclic) bond motifs is 2. The molecule has 12 nitrogen and oxygen atoms in total. The van der Waals surface area contributed by atoms with Crippen molar-refractivity contribution in [3.8, 4) is 5.69 Å². The van der Waals surface area contributed by atoms with E-state index in [4.69, 9.17) is 11.0 Å². The highest BCUT2D eigenvalue weighted by Gasteiger charge is 2.16. The minimum Gasteiger partial charge on any atom is -0.382 e. The first-order valence-electron chi connectivity index (χ1n) is 10.1. The van der Waals surface area contributed by atoms with E-state index in [-0.39, 0.29) is 10.7 Å². The third kappa shape index (κ3) is 4.80.